The van der Waals surface area contributed by atoms with Gasteiger partial charge in [0, 0.05) is 18.3 Å². The predicted molar refractivity (Wildman–Crippen MR) is 122 cm³/mol. The Kier molecular flexibility index (Phi) is 6.88. The number of hydrogen-bond donors (Lipinski definition) is 1. The highest BCUT2D eigenvalue weighted by Crippen LogP contribution is 2.34. The van der Waals surface area contributed by atoms with Crippen LogP contribution in [0.3, 0.4) is 0 Å². The first-order valence-corrected chi connectivity index (χ1v) is 10.8. The minimum Gasteiger partial charge on any atom is -0.454 e. The molecule has 1 heterocycles. The Morgan fingerprint density at radius 2 is 1.70 bits per heavy atom. The van der Waals surface area contributed by atoms with Crippen LogP contribution in [0, 0.1) is 5.82 Å². The minimum atomic E-state index is -0.711. The zero-order valence-corrected chi connectivity index (χ0v) is 18.3. The fourth-order valence-corrected chi connectivity index (χ4v) is 3.78. The molecule has 2 amide bonds. The zero-order chi connectivity index (χ0) is 23.2. The Morgan fingerprint density at radius 3 is 2.42 bits per heavy atom. The molecule has 4 rings (SSSR count). The summed E-state index contributed by atoms with van der Waals surface area (Å²) >= 11 is 0. The Bertz CT molecular complexity index is 1120. The first kappa shape index (κ1) is 22.3. The van der Waals surface area contributed by atoms with E-state index >= 15 is 0 Å². The van der Waals surface area contributed by atoms with E-state index in [0.29, 0.717) is 23.6 Å². The molecule has 0 saturated heterocycles. The van der Waals surface area contributed by atoms with E-state index in [2.05, 4.69) is 5.32 Å². The van der Waals surface area contributed by atoms with Crippen LogP contribution in [0.1, 0.15) is 24.5 Å². The highest BCUT2D eigenvalue weighted by molar-refractivity contribution is 5.97. The van der Waals surface area contributed by atoms with Crippen molar-refractivity contribution in [3.05, 3.63) is 89.7 Å². The molecule has 0 saturated carbocycles. The Balaban J connectivity index is 1.56. The fourth-order valence-electron chi connectivity index (χ4n) is 3.78. The zero-order valence-electron chi connectivity index (χ0n) is 18.3. The summed E-state index contributed by atoms with van der Waals surface area (Å²) in [5.41, 5.74) is 2.16. The van der Waals surface area contributed by atoms with Crippen LogP contribution in [0.4, 0.5) is 10.1 Å². The standard InChI is InChI=1S/C26H25FN2O4/c1-2-22(26(31)28-21-12-13-23-24(15-21)33-17-32-23)29(16-19-8-10-20(27)11-9-19)25(30)14-18-6-4-3-5-7-18/h3-13,15,22H,2,14,16-17H2,1H3,(H,28,31). The van der Waals surface area contributed by atoms with Gasteiger partial charge in [-0.05, 0) is 41.8 Å². The second kappa shape index (κ2) is 10.2. The van der Waals surface area contributed by atoms with E-state index in [4.69, 9.17) is 9.47 Å². The van der Waals surface area contributed by atoms with Crippen LogP contribution in [0.5, 0.6) is 11.5 Å². The molecule has 6 nitrogen and oxygen atoms in total. The van der Waals surface area contributed by atoms with E-state index in [-0.39, 0.29) is 37.4 Å². The van der Waals surface area contributed by atoms with Crippen LogP contribution in [-0.4, -0.2) is 29.5 Å². The molecule has 3 aromatic rings. The average Bonchev–Trinajstić information content (AvgIpc) is 3.29. The summed E-state index contributed by atoms with van der Waals surface area (Å²) in [6, 6.07) is 19.8. The number of nitrogens with zero attached hydrogens (tertiary/aromatic N) is 1. The maximum atomic E-state index is 13.4. The predicted octanol–water partition coefficient (Wildman–Crippen LogP) is 4.54. The fraction of sp³-hybridized carbons (Fsp3) is 0.231. The largest absolute Gasteiger partial charge is 0.454 e. The number of benzene rings is 3. The normalized spacial score (nSPS) is 12.8. The average molecular weight is 448 g/mol. The van der Waals surface area contributed by atoms with Crippen LogP contribution < -0.4 is 14.8 Å². The summed E-state index contributed by atoms with van der Waals surface area (Å²) in [5, 5.41) is 2.89. The highest BCUT2D eigenvalue weighted by Gasteiger charge is 2.29. The van der Waals surface area contributed by atoms with Crippen LogP contribution in [-0.2, 0) is 22.6 Å². The molecule has 0 bridgehead atoms. The molecule has 0 aliphatic carbocycles. The molecule has 1 N–H and O–H groups in total. The van der Waals surface area contributed by atoms with Gasteiger partial charge < -0.3 is 19.7 Å². The van der Waals surface area contributed by atoms with Crippen molar-refractivity contribution in [1.82, 2.24) is 4.90 Å². The Labute approximate surface area is 191 Å². The molecule has 1 unspecified atom stereocenters. The van der Waals surface area contributed by atoms with Crippen molar-refractivity contribution in [3.63, 3.8) is 0 Å². The number of fused-ring (bicyclic) bond motifs is 1. The van der Waals surface area contributed by atoms with E-state index in [1.165, 1.54) is 12.1 Å². The molecular formula is C26H25FN2O4. The van der Waals surface area contributed by atoms with Gasteiger partial charge in [-0.2, -0.15) is 0 Å². The Morgan fingerprint density at radius 1 is 0.970 bits per heavy atom. The summed E-state index contributed by atoms with van der Waals surface area (Å²) in [4.78, 5) is 28.1. The van der Waals surface area contributed by atoms with E-state index < -0.39 is 6.04 Å². The second-order valence-electron chi connectivity index (χ2n) is 7.79. The summed E-state index contributed by atoms with van der Waals surface area (Å²) in [6.45, 7) is 2.19. The SMILES string of the molecule is CCC(C(=O)Nc1ccc2c(c1)OCO2)N(Cc1ccc(F)cc1)C(=O)Cc1ccccc1. The molecule has 0 aromatic heterocycles. The van der Waals surface area contributed by atoms with Crippen molar-refractivity contribution < 1.29 is 23.5 Å². The molecule has 1 aliphatic rings. The molecule has 1 aliphatic heterocycles. The van der Waals surface area contributed by atoms with Gasteiger partial charge in [0.2, 0.25) is 18.6 Å². The van der Waals surface area contributed by atoms with Gasteiger partial charge in [-0.3, -0.25) is 9.59 Å². The quantitative estimate of drug-likeness (QED) is 0.549. The monoisotopic (exact) mass is 448 g/mol. The lowest BCUT2D eigenvalue weighted by atomic mass is 10.1. The number of nitrogens with one attached hydrogen (secondary N) is 1. The third-order valence-electron chi connectivity index (χ3n) is 5.49. The third kappa shape index (κ3) is 5.49. The van der Waals surface area contributed by atoms with Crippen LogP contribution in [0.15, 0.2) is 72.8 Å². The number of hydrogen-bond acceptors (Lipinski definition) is 4. The minimum absolute atomic E-state index is 0.143. The van der Waals surface area contributed by atoms with Gasteiger partial charge in [-0.15, -0.1) is 0 Å². The number of rotatable bonds is 8. The van der Waals surface area contributed by atoms with Gasteiger partial charge in [0.25, 0.3) is 0 Å². The molecule has 7 heteroatoms. The van der Waals surface area contributed by atoms with Crippen LogP contribution in [0.25, 0.3) is 0 Å². The van der Waals surface area contributed by atoms with Crippen LogP contribution >= 0.6 is 0 Å². The number of halogens is 1. The van der Waals surface area contributed by atoms with E-state index in [9.17, 15) is 14.0 Å². The number of carbonyl (C=O) groups is 2. The topological polar surface area (TPSA) is 67.9 Å². The number of carbonyl (C=O) groups excluding carboxylic acids is 2. The van der Waals surface area contributed by atoms with Gasteiger partial charge in [-0.1, -0.05) is 49.4 Å². The Hall–Kier alpha value is -3.87. The molecule has 170 valence electrons. The lowest BCUT2D eigenvalue weighted by Gasteiger charge is -2.31. The second-order valence-corrected chi connectivity index (χ2v) is 7.79. The van der Waals surface area contributed by atoms with Gasteiger partial charge in [0.15, 0.2) is 11.5 Å². The molecule has 3 aromatic carbocycles. The lowest BCUT2D eigenvalue weighted by Crippen LogP contribution is -2.47. The van der Waals surface area contributed by atoms with Crippen molar-refractivity contribution >= 4 is 17.5 Å². The first-order valence-electron chi connectivity index (χ1n) is 10.8. The summed E-state index contributed by atoms with van der Waals surface area (Å²) in [7, 11) is 0. The van der Waals surface area contributed by atoms with Crippen molar-refractivity contribution in [1.29, 1.82) is 0 Å². The van der Waals surface area contributed by atoms with Crippen molar-refractivity contribution in [3.8, 4) is 11.5 Å². The van der Waals surface area contributed by atoms with Crippen LogP contribution in [0.2, 0.25) is 0 Å². The molecule has 33 heavy (non-hydrogen) atoms. The molecular weight excluding hydrogens is 423 g/mol. The smallest absolute Gasteiger partial charge is 0.247 e. The molecule has 1 atom stereocenters. The lowest BCUT2D eigenvalue weighted by molar-refractivity contribution is -0.139. The third-order valence-corrected chi connectivity index (χ3v) is 5.49. The number of anilines is 1. The number of amides is 2. The van der Waals surface area contributed by atoms with Gasteiger partial charge >= 0.3 is 0 Å². The van der Waals surface area contributed by atoms with Crippen molar-refractivity contribution in [2.75, 3.05) is 12.1 Å². The van der Waals surface area contributed by atoms with E-state index in [1.54, 1.807) is 35.2 Å². The molecule has 0 fully saturated rings. The summed E-state index contributed by atoms with van der Waals surface area (Å²) in [5.74, 6) is 0.340. The summed E-state index contributed by atoms with van der Waals surface area (Å²) in [6.07, 6.45) is 0.577. The number of ether oxygens (including phenoxy) is 2. The van der Waals surface area contributed by atoms with Gasteiger partial charge in [0.05, 0.1) is 6.42 Å². The summed E-state index contributed by atoms with van der Waals surface area (Å²) < 4.78 is 24.1. The van der Waals surface area contributed by atoms with Crippen molar-refractivity contribution in [2.24, 2.45) is 0 Å². The highest BCUT2D eigenvalue weighted by atomic mass is 19.1. The van der Waals surface area contributed by atoms with Gasteiger partial charge in [-0.25, -0.2) is 4.39 Å². The molecule has 0 radical (unpaired) electrons. The van der Waals surface area contributed by atoms with Gasteiger partial charge in [0.1, 0.15) is 11.9 Å². The van der Waals surface area contributed by atoms with E-state index in [1.807, 2.05) is 37.3 Å². The van der Waals surface area contributed by atoms with E-state index in [0.717, 1.165) is 11.1 Å². The maximum Gasteiger partial charge on any atom is 0.247 e. The molecule has 0 spiro atoms. The maximum absolute atomic E-state index is 13.4. The van der Waals surface area contributed by atoms with Crippen molar-refractivity contribution in [2.45, 2.75) is 32.4 Å². The first-order chi connectivity index (χ1) is 16.0.